The molecule has 0 fully saturated rings. The highest BCUT2D eigenvalue weighted by molar-refractivity contribution is 6.31. The molecule has 0 saturated heterocycles. The van der Waals surface area contributed by atoms with Gasteiger partial charge >= 0.3 is 0 Å². The number of hydrogen-bond acceptors (Lipinski definition) is 3. The summed E-state index contributed by atoms with van der Waals surface area (Å²) in [6.07, 6.45) is 3.14. The monoisotopic (exact) mass is 276 g/mol. The number of nitrogen functional groups attached to an aromatic ring is 1. The van der Waals surface area contributed by atoms with Crippen LogP contribution in [0.5, 0.6) is 0 Å². The van der Waals surface area contributed by atoms with Crippen LogP contribution in [0.15, 0.2) is 30.6 Å². The molecule has 2 aromatic heterocycles. The molecule has 6 heteroatoms. The first-order valence-electron chi connectivity index (χ1n) is 5.63. The molecule has 0 spiro atoms. The van der Waals surface area contributed by atoms with E-state index in [9.17, 15) is 4.39 Å². The second-order valence-electron chi connectivity index (χ2n) is 4.20. The van der Waals surface area contributed by atoms with Gasteiger partial charge in [-0.15, -0.1) is 0 Å². The SMILES string of the molecule is Cc1nn(-c2c(F)cc(N)c3cccnc23)cc1Cl. The topological polar surface area (TPSA) is 56.7 Å². The van der Waals surface area contributed by atoms with Gasteiger partial charge in [-0.1, -0.05) is 11.6 Å². The molecule has 0 amide bonds. The van der Waals surface area contributed by atoms with E-state index in [1.807, 2.05) is 0 Å². The van der Waals surface area contributed by atoms with Crippen LogP contribution in [0.25, 0.3) is 16.6 Å². The molecule has 0 aliphatic rings. The molecular weight excluding hydrogens is 267 g/mol. The highest BCUT2D eigenvalue weighted by atomic mass is 35.5. The van der Waals surface area contributed by atoms with E-state index < -0.39 is 5.82 Å². The average molecular weight is 277 g/mol. The maximum atomic E-state index is 14.2. The molecule has 2 heterocycles. The van der Waals surface area contributed by atoms with Gasteiger partial charge in [-0.3, -0.25) is 4.98 Å². The van der Waals surface area contributed by atoms with Crippen molar-refractivity contribution in [2.24, 2.45) is 0 Å². The van der Waals surface area contributed by atoms with Crippen LogP contribution in [0.1, 0.15) is 5.69 Å². The standard InChI is InChI=1S/C13H10ClFN4/c1-7-9(14)6-19(18-7)13-10(15)5-11(16)8-3-2-4-17-12(8)13/h2-6H,16H2,1H3. The summed E-state index contributed by atoms with van der Waals surface area (Å²) in [5.41, 5.74) is 7.48. The van der Waals surface area contributed by atoms with Gasteiger partial charge in [0.05, 0.1) is 10.7 Å². The number of benzene rings is 1. The Labute approximate surface area is 113 Å². The maximum absolute atomic E-state index is 14.2. The summed E-state index contributed by atoms with van der Waals surface area (Å²) in [7, 11) is 0. The van der Waals surface area contributed by atoms with Crippen molar-refractivity contribution in [3.05, 3.63) is 47.1 Å². The van der Waals surface area contributed by atoms with Crippen LogP contribution in [0.4, 0.5) is 10.1 Å². The van der Waals surface area contributed by atoms with Crippen molar-refractivity contribution in [2.75, 3.05) is 5.73 Å². The predicted molar refractivity (Wildman–Crippen MR) is 73.0 cm³/mol. The Hall–Kier alpha value is -2.14. The number of nitrogens with zero attached hydrogens (tertiary/aromatic N) is 3. The number of hydrogen-bond donors (Lipinski definition) is 1. The zero-order valence-electron chi connectivity index (χ0n) is 10.1. The molecule has 0 radical (unpaired) electrons. The zero-order chi connectivity index (χ0) is 13.6. The molecule has 0 aliphatic carbocycles. The number of pyridine rings is 1. The van der Waals surface area contributed by atoms with Gasteiger partial charge in [0.2, 0.25) is 0 Å². The van der Waals surface area contributed by atoms with Crippen LogP contribution in [-0.2, 0) is 0 Å². The maximum Gasteiger partial charge on any atom is 0.153 e. The molecule has 0 bridgehead atoms. The fraction of sp³-hybridized carbons (Fsp3) is 0.0769. The van der Waals surface area contributed by atoms with Crippen molar-refractivity contribution in [1.82, 2.24) is 14.8 Å². The molecule has 0 unspecified atom stereocenters. The normalized spacial score (nSPS) is 11.1. The van der Waals surface area contributed by atoms with Crippen LogP contribution in [0.3, 0.4) is 0 Å². The first-order valence-corrected chi connectivity index (χ1v) is 6.00. The summed E-state index contributed by atoms with van der Waals surface area (Å²) in [5, 5.41) is 5.34. The zero-order valence-corrected chi connectivity index (χ0v) is 10.8. The Bertz CT molecular complexity index is 762. The summed E-state index contributed by atoms with van der Waals surface area (Å²) >= 11 is 5.96. The molecule has 19 heavy (non-hydrogen) atoms. The fourth-order valence-electron chi connectivity index (χ4n) is 1.99. The summed E-state index contributed by atoms with van der Waals surface area (Å²) in [6, 6.07) is 4.81. The minimum Gasteiger partial charge on any atom is -0.398 e. The molecule has 3 rings (SSSR count). The Kier molecular flexibility index (Phi) is 2.64. The number of rotatable bonds is 1. The summed E-state index contributed by atoms with van der Waals surface area (Å²) in [6.45, 7) is 1.75. The molecule has 4 nitrogen and oxygen atoms in total. The molecule has 96 valence electrons. The smallest absolute Gasteiger partial charge is 0.153 e. The molecule has 0 aliphatic heterocycles. The van der Waals surface area contributed by atoms with Gasteiger partial charge in [0.1, 0.15) is 11.2 Å². The van der Waals surface area contributed by atoms with Crippen molar-refractivity contribution in [3.63, 3.8) is 0 Å². The third-order valence-corrected chi connectivity index (χ3v) is 3.29. The average Bonchev–Trinajstić information content (AvgIpc) is 2.69. The minimum atomic E-state index is -0.483. The Balaban J connectivity index is 2.40. The van der Waals surface area contributed by atoms with Gasteiger partial charge in [-0.25, -0.2) is 9.07 Å². The Morgan fingerprint density at radius 2 is 2.21 bits per heavy atom. The lowest BCUT2D eigenvalue weighted by molar-refractivity contribution is 0.613. The minimum absolute atomic E-state index is 0.250. The molecule has 3 aromatic rings. The molecule has 0 atom stereocenters. The third kappa shape index (κ3) is 1.82. The number of fused-ring (bicyclic) bond motifs is 1. The van der Waals surface area contributed by atoms with E-state index in [4.69, 9.17) is 17.3 Å². The van der Waals surface area contributed by atoms with Gasteiger partial charge in [-0.05, 0) is 25.1 Å². The van der Waals surface area contributed by atoms with Crippen LogP contribution in [0, 0.1) is 12.7 Å². The third-order valence-electron chi connectivity index (χ3n) is 2.92. The number of nitrogens with two attached hydrogens (primary N) is 1. The second-order valence-corrected chi connectivity index (χ2v) is 4.61. The molecule has 2 N–H and O–H groups in total. The van der Waals surface area contributed by atoms with Crippen molar-refractivity contribution < 1.29 is 4.39 Å². The van der Waals surface area contributed by atoms with Crippen LogP contribution < -0.4 is 5.73 Å². The largest absolute Gasteiger partial charge is 0.398 e. The fourth-order valence-corrected chi connectivity index (χ4v) is 2.12. The van der Waals surface area contributed by atoms with E-state index in [0.29, 0.717) is 27.3 Å². The van der Waals surface area contributed by atoms with E-state index in [2.05, 4.69) is 10.1 Å². The number of halogens is 2. The van der Waals surface area contributed by atoms with Crippen molar-refractivity contribution in [2.45, 2.75) is 6.92 Å². The number of anilines is 1. The number of aromatic nitrogens is 3. The van der Waals surface area contributed by atoms with Crippen molar-refractivity contribution in [1.29, 1.82) is 0 Å². The van der Waals surface area contributed by atoms with Crippen LogP contribution >= 0.6 is 11.6 Å². The van der Waals surface area contributed by atoms with E-state index in [1.165, 1.54) is 10.7 Å². The summed E-state index contributed by atoms with van der Waals surface area (Å²) in [4.78, 5) is 4.19. The van der Waals surface area contributed by atoms with Crippen molar-refractivity contribution in [3.8, 4) is 5.69 Å². The molecular formula is C13H10ClFN4. The second kappa shape index (κ2) is 4.20. The number of aryl methyl sites for hydroxylation is 1. The quantitative estimate of drug-likeness (QED) is 0.695. The van der Waals surface area contributed by atoms with E-state index >= 15 is 0 Å². The Morgan fingerprint density at radius 3 is 2.89 bits per heavy atom. The van der Waals surface area contributed by atoms with Crippen molar-refractivity contribution >= 4 is 28.2 Å². The van der Waals surface area contributed by atoms with E-state index in [0.717, 1.165) is 0 Å². The first kappa shape index (κ1) is 11.9. The van der Waals surface area contributed by atoms with Gasteiger partial charge in [-0.2, -0.15) is 5.10 Å². The van der Waals surface area contributed by atoms with Gasteiger partial charge in [0.25, 0.3) is 0 Å². The lowest BCUT2D eigenvalue weighted by atomic mass is 10.1. The summed E-state index contributed by atoms with van der Waals surface area (Å²) < 4.78 is 15.6. The highest BCUT2D eigenvalue weighted by Crippen LogP contribution is 2.29. The Morgan fingerprint density at radius 1 is 1.42 bits per heavy atom. The van der Waals surface area contributed by atoms with E-state index in [1.54, 1.807) is 31.5 Å². The predicted octanol–water partition coefficient (Wildman–Crippen LogP) is 3.10. The lowest BCUT2D eigenvalue weighted by Gasteiger charge is -2.09. The van der Waals surface area contributed by atoms with Crippen LogP contribution in [-0.4, -0.2) is 14.8 Å². The lowest BCUT2D eigenvalue weighted by Crippen LogP contribution is -2.03. The van der Waals surface area contributed by atoms with E-state index in [-0.39, 0.29) is 5.69 Å². The molecule has 1 aromatic carbocycles. The van der Waals surface area contributed by atoms with Gasteiger partial charge in [0, 0.05) is 23.5 Å². The molecule has 0 saturated carbocycles. The van der Waals surface area contributed by atoms with Gasteiger partial charge < -0.3 is 5.73 Å². The highest BCUT2D eigenvalue weighted by Gasteiger charge is 2.15. The summed E-state index contributed by atoms with van der Waals surface area (Å²) in [5.74, 6) is -0.483. The first-order chi connectivity index (χ1) is 9.08. The van der Waals surface area contributed by atoms with Gasteiger partial charge in [0.15, 0.2) is 5.82 Å². The van der Waals surface area contributed by atoms with Crippen LogP contribution in [0.2, 0.25) is 5.02 Å².